The van der Waals surface area contributed by atoms with E-state index in [2.05, 4.69) is 0 Å². The summed E-state index contributed by atoms with van der Waals surface area (Å²) in [5.74, 6) is -1.84. The number of carboxylic acid groups (broad SMARTS) is 1. The molecule has 0 saturated carbocycles. The molecule has 0 spiro atoms. The van der Waals surface area contributed by atoms with Crippen molar-refractivity contribution in [3.8, 4) is 0 Å². The van der Waals surface area contributed by atoms with Gasteiger partial charge in [-0.1, -0.05) is 60.7 Å². The Morgan fingerprint density at radius 3 is 2.29 bits per heavy atom. The lowest BCUT2D eigenvalue weighted by atomic mass is 9.94. The Labute approximate surface area is 140 Å². The van der Waals surface area contributed by atoms with E-state index in [0.29, 0.717) is 0 Å². The third-order valence-electron chi connectivity index (χ3n) is 4.05. The van der Waals surface area contributed by atoms with Crippen molar-refractivity contribution < 1.29 is 19.8 Å². The number of benzene rings is 2. The number of carboxylic acids is 1. The Morgan fingerprint density at radius 1 is 1.08 bits per heavy atom. The van der Waals surface area contributed by atoms with Crippen molar-refractivity contribution >= 4 is 17.7 Å². The van der Waals surface area contributed by atoms with Gasteiger partial charge in [0.05, 0.1) is 18.3 Å². The van der Waals surface area contributed by atoms with Gasteiger partial charge in [-0.25, -0.2) is 5.06 Å². The molecular weight excluding hydrogens is 306 g/mol. The number of hydrogen-bond donors (Lipinski definition) is 2. The molecule has 1 aliphatic rings. The third-order valence-corrected chi connectivity index (χ3v) is 4.05. The van der Waals surface area contributed by atoms with E-state index < -0.39 is 24.0 Å². The second-order valence-electron chi connectivity index (χ2n) is 5.61. The van der Waals surface area contributed by atoms with Gasteiger partial charge in [0.15, 0.2) is 0 Å². The number of para-hydroxylation sites is 1. The molecular formula is C19H19NO4. The quantitative estimate of drug-likeness (QED) is 0.884. The van der Waals surface area contributed by atoms with Crippen LogP contribution in [0.25, 0.3) is 6.08 Å². The van der Waals surface area contributed by atoms with E-state index in [1.54, 1.807) is 5.06 Å². The zero-order valence-electron chi connectivity index (χ0n) is 13.0. The largest absolute Gasteiger partial charge is 0.481 e. The molecule has 2 aromatic carbocycles. The monoisotopic (exact) mass is 325 g/mol. The first kappa shape index (κ1) is 16.2. The molecule has 0 radical (unpaired) electrons. The normalized spacial score (nSPS) is 23.7. The first-order valence-electron chi connectivity index (χ1n) is 7.78. The zero-order valence-corrected chi connectivity index (χ0v) is 13.0. The molecule has 5 heteroatoms. The van der Waals surface area contributed by atoms with Gasteiger partial charge in [0.1, 0.15) is 12.0 Å². The number of rotatable bonds is 5. The summed E-state index contributed by atoms with van der Waals surface area (Å²) in [5.41, 5.74) is 1.73. The Balaban J connectivity index is 1.94. The summed E-state index contributed by atoms with van der Waals surface area (Å²) < 4.78 is 0. The Bertz CT molecular complexity index is 702. The molecule has 3 rings (SSSR count). The fourth-order valence-corrected chi connectivity index (χ4v) is 2.88. The molecule has 0 aromatic heterocycles. The van der Waals surface area contributed by atoms with E-state index >= 15 is 0 Å². The fraction of sp³-hybridized carbons (Fsp3) is 0.211. The number of aliphatic hydroxyl groups is 1. The van der Waals surface area contributed by atoms with Crippen LogP contribution in [0.3, 0.4) is 0 Å². The van der Waals surface area contributed by atoms with Crippen LogP contribution in [-0.2, 0) is 9.63 Å². The summed E-state index contributed by atoms with van der Waals surface area (Å²) in [6.07, 6.45) is 2.91. The van der Waals surface area contributed by atoms with Crippen molar-refractivity contribution in [3.05, 3.63) is 72.3 Å². The average molecular weight is 325 g/mol. The van der Waals surface area contributed by atoms with Crippen LogP contribution in [0.5, 0.6) is 0 Å². The summed E-state index contributed by atoms with van der Waals surface area (Å²) in [5, 5.41) is 20.7. The molecule has 124 valence electrons. The molecule has 1 fully saturated rings. The second-order valence-corrected chi connectivity index (χ2v) is 5.61. The maximum Gasteiger partial charge on any atom is 0.311 e. The van der Waals surface area contributed by atoms with Crippen LogP contribution in [-0.4, -0.2) is 34.9 Å². The van der Waals surface area contributed by atoms with Crippen molar-refractivity contribution in [2.24, 2.45) is 5.92 Å². The standard InChI is InChI=1S/C19H19NO4/c21-13-17-18(19(22)23)16(12-11-14-7-3-1-4-8-14)20(24-17)15-9-5-2-6-10-15/h1-12,16-18,21H,13H2,(H,22,23)/b12-11+. The maximum absolute atomic E-state index is 11.7. The molecule has 0 aliphatic carbocycles. The summed E-state index contributed by atoms with van der Waals surface area (Å²) in [6.45, 7) is -0.351. The maximum atomic E-state index is 11.7. The van der Waals surface area contributed by atoms with Crippen molar-refractivity contribution in [1.82, 2.24) is 0 Å². The predicted molar refractivity (Wildman–Crippen MR) is 91.3 cm³/mol. The lowest BCUT2D eigenvalue weighted by molar-refractivity contribution is -0.144. The number of aliphatic hydroxyl groups excluding tert-OH is 1. The lowest BCUT2D eigenvalue weighted by Gasteiger charge is -2.23. The average Bonchev–Trinajstić information content (AvgIpc) is 3.00. The summed E-state index contributed by atoms with van der Waals surface area (Å²) in [7, 11) is 0. The molecule has 5 nitrogen and oxygen atoms in total. The highest BCUT2D eigenvalue weighted by atomic mass is 16.7. The minimum atomic E-state index is -0.991. The second kappa shape index (κ2) is 7.29. The van der Waals surface area contributed by atoms with Crippen LogP contribution in [0.15, 0.2) is 66.7 Å². The van der Waals surface area contributed by atoms with Crippen LogP contribution in [0.4, 0.5) is 5.69 Å². The molecule has 3 unspecified atom stereocenters. The molecule has 2 aromatic rings. The van der Waals surface area contributed by atoms with Gasteiger partial charge in [0.2, 0.25) is 0 Å². The molecule has 1 aliphatic heterocycles. The van der Waals surface area contributed by atoms with E-state index in [1.807, 2.05) is 72.8 Å². The van der Waals surface area contributed by atoms with Crippen LogP contribution < -0.4 is 5.06 Å². The highest BCUT2D eigenvalue weighted by Gasteiger charge is 2.46. The van der Waals surface area contributed by atoms with Gasteiger partial charge in [0, 0.05) is 0 Å². The van der Waals surface area contributed by atoms with E-state index in [9.17, 15) is 15.0 Å². The number of hydrogen-bond acceptors (Lipinski definition) is 4. The predicted octanol–water partition coefficient (Wildman–Crippen LogP) is 2.58. The molecule has 1 saturated heterocycles. The number of carbonyl (C=O) groups is 1. The van der Waals surface area contributed by atoms with E-state index in [-0.39, 0.29) is 6.61 Å². The Morgan fingerprint density at radius 2 is 1.71 bits per heavy atom. The first-order valence-corrected chi connectivity index (χ1v) is 7.78. The number of anilines is 1. The minimum Gasteiger partial charge on any atom is -0.481 e. The van der Waals surface area contributed by atoms with Crippen LogP contribution in [0.1, 0.15) is 5.56 Å². The molecule has 0 amide bonds. The molecule has 24 heavy (non-hydrogen) atoms. The van der Waals surface area contributed by atoms with Crippen molar-refractivity contribution in [1.29, 1.82) is 0 Å². The van der Waals surface area contributed by atoms with Crippen LogP contribution in [0.2, 0.25) is 0 Å². The summed E-state index contributed by atoms with van der Waals surface area (Å²) >= 11 is 0. The zero-order chi connectivity index (χ0) is 16.9. The highest BCUT2D eigenvalue weighted by Crippen LogP contribution is 2.33. The minimum absolute atomic E-state index is 0.351. The van der Waals surface area contributed by atoms with Gasteiger partial charge in [-0.3, -0.25) is 9.63 Å². The summed E-state index contributed by atoms with van der Waals surface area (Å²) in [6, 6.07) is 18.4. The molecule has 3 atom stereocenters. The Kier molecular flexibility index (Phi) is 4.93. The van der Waals surface area contributed by atoms with E-state index in [4.69, 9.17) is 4.84 Å². The van der Waals surface area contributed by atoms with E-state index in [1.165, 1.54) is 0 Å². The smallest absolute Gasteiger partial charge is 0.311 e. The van der Waals surface area contributed by atoms with Gasteiger partial charge < -0.3 is 10.2 Å². The third kappa shape index (κ3) is 3.32. The highest BCUT2D eigenvalue weighted by molar-refractivity contribution is 5.74. The van der Waals surface area contributed by atoms with Gasteiger partial charge in [-0.15, -0.1) is 0 Å². The first-order chi connectivity index (χ1) is 11.7. The Hall–Kier alpha value is -2.63. The number of hydroxylamine groups is 1. The molecule has 2 N–H and O–H groups in total. The van der Waals surface area contributed by atoms with Gasteiger partial charge in [-0.05, 0) is 17.7 Å². The van der Waals surface area contributed by atoms with Crippen molar-refractivity contribution in [3.63, 3.8) is 0 Å². The molecule has 0 bridgehead atoms. The number of nitrogens with zero attached hydrogens (tertiary/aromatic N) is 1. The van der Waals surface area contributed by atoms with Gasteiger partial charge in [-0.2, -0.15) is 0 Å². The van der Waals surface area contributed by atoms with Crippen molar-refractivity contribution in [2.75, 3.05) is 11.7 Å². The number of aliphatic carboxylic acids is 1. The lowest BCUT2D eigenvalue weighted by Crippen LogP contribution is -2.35. The van der Waals surface area contributed by atoms with Gasteiger partial charge >= 0.3 is 5.97 Å². The van der Waals surface area contributed by atoms with Gasteiger partial charge in [0.25, 0.3) is 0 Å². The molecule has 1 heterocycles. The topological polar surface area (TPSA) is 70.0 Å². The van der Waals surface area contributed by atoms with Crippen molar-refractivity contribution in [2.45, 2.75) is 12.1 Å². The SMILES string of the molecule is O=C(O)C1C(CO)ON(c2ccccc2)C1/C=C/c1ccccc1. The van der Waals surface area contributed by atoms with Crippen LogP contribution >= 0.6 is 0 Å². The fourth-order valence-electron chi connectivity index (χ4n) is 2.88. The van der Waals surface area contributed by atoms with E-state index in [0.717, 1.165) is 11.3 Å². The summed E-state index contributed by atoms with van der Waals surface area (Å²) in [4.78, 5) is 17.4. The van der Waals surface area contributed by atoms with Crippen LogP contribution in [0, 0.1) is 5.92 Å².